The summed E-state index contributed by atoms with van der Waals surface area (Å²) in [5.74, 6) is 0.0737. The molecule has 1 aromatic heterocycles. The van der Waals surface area contributed by atoms with Crippen molar-refractivity contribution in [1.29, 1.82) is 0 Å². The van der Waals surface area contributed by atoms with Crippen molar-refractivity contribution < 1.29 is 13.2 Å². The average molecular weight is 354 g/mol. The summed E-state index contributed by atoms with van der Waals surface area (Å²) in [4.78, 5) is 14.3. The number of nitrogens with zero attached hydrogens (tertiary/aromatic N) is 3. The summed E-state index contributed by atoms with van der Waals surface area (Å²) >= 11 is 0. The number of hydrogen-bond acceptors (Lipinski definition) is 5. The molecule has 1 atom stereocenters. The lowest BCUT2D eigenvalue weighted by Gasteiger charge is -2.31. The Bertz CT molecular complexity index is 707. The van der Waals surface area contributed by atoms with Crippen molar-refractivity contribution in [2.45, 2.75) is 51.1 Å². The van der Waals surface area contributed by atoms with Gasteiger partial charge in [0.15, 0.2) is 9.84 Å². The number of sulfone groups is 1. The molecule has 0 radical (unpaired) electrons. The van der Waals surface area contributed by atoms with Crippen LogP contribution >= 0.6 is 0 Å². The molecule has 1 N–H and O–H groups in total. The van der Waals surface area contributed by atoms with Crippen LogP contribution in [-0.2, 0) is 14.6 Å². The quantitative estimate of drug-likeness (QED) is 0.883. The Labute approximate surface area is 143 Å². The number of nitrogens with one attached hydrogen (secondary N) is 1. The SMILES string of the molecule is Cc1c(NC(=O)CC2CS(=O)(=O)CCN2C)cnn1C1CCCC1. The summed E-state index contributed by atoms with van der Waals surface area (Å²) in [6.45, 7) is 2.46. The molecule has 2 heterocycles. The molecule has 2 aliphatic rings. The molecule has 3 rings (SSSR count). The Morgan fingerprint density at radius 1 is 1.38 bits per heavy atom. The van der Waals surface area contributed by atoms with Crippen molar-refractivity contribution in [1.82, 2.24) is 14.7 Å². The van der Waals surface area contributed by atoms with Gasteiger partial charge in [0.05, 0.1) is 35.1 Å². The van der Waals surface area contributed by atoms with E-state index in [-0.39, 0.29) is 29.9 Å². The maximum atomic E-state index is 12.4. The summed E-state index contributed by atoms with van der Waals surface area (Å²) in [6.07, 6.45) is 6.63. The zero-order chi connectivity index (χ0) is 17.3. The lowest BCUT2D eigenvalue weighted by molar-refractivity contribution is -0.117. The molecule has 8 heteroatoms. The van der Waals surface area contributed by atoms with Gasteiger partial charge in [-0.1, -0.05) is 12.8 Å². The van der Waals surface area contributed by atoms with Gasteiger partial charge in [-0.3, -0.25) is 9.48 Å². The smallest absolute Gasteiger partial charge is 0.226 e. The molecule has 1 aromatic rings. The van der Waals surface area contributed by atoms with Crippen molar-refractivity contribution in [3.8, 4) is 0 Å². The standard InChI is InChI=1S/C16H26N4O3S/c1-12-15(10-17-20(12)13-5-3-4-6-13)18-16(21)9-14-11-24(22,23)8-7-19(14)2/h10,13-14H,3-9,11H2,1-2H3,(H,18,21). The van der Waals surface area contributed by atoms with Crippen molar-refractivity contribution in [3.63, 3.8) is 0 Å². The molecule has 1 saturated carbocycles. The Balaban J connectivity index is 1.62. The summed E-state index contributed by atoms with van der Waals surface area (Å²) < 4.78 is 25.6. The summed E-state index contributed by atoms with van der Waals surface area (Å²) in [7, 11) is -1.17. The molecule has 0 bridgehead atoms. The molecule has 0 aromatic carbocycles. The van der Waals surface area contributed by atoms with Crippen LogP contribution in [0.3, 0.4) is 0 Å². The van der Waals surface area contributed by atoms with E-state index >= 15 is 0 Å². The molecule has 1 amide bonds. The number of carbonyl (C=O) groups is 1. The third-order valence-electron chi connectivity index (χ3n) is 5.24. The second kappa shape index (κ2) is 6.84. The molecular weight excluding hydrogens is 328 g/mol. The van der Waals surface area contributed by atoms with Crippen LogP contribution in [0.5, 0.6) is 0 Å². The van der Waals surface area contributed by atoms with Gasteiger partial charge in [0.1, 0.15) is 0 Å². The van der Waals surface area contributed by atoms with Gasteiger partial charge in [0.25, 0.3) is 0 Å². The summed E-state index contributed by atoms with van der Waals surface area (Å²) in [5.41, 5.74) is 1.70. The Kier molecular flexibility index (Phi) is 4.96. The topological polar surface area (TPSA) is 84.3 Å². The molecule has 0 spiro atoms. The molecular formula is C16H26N4O3S. The molecule has 2 fully saturated rings. The lowest BCUT2D eigenvalue weighted by atomic mass is 10.2. The van der Waals surface area contributed by atoms with Gasteiger partial charge in [-0.05, 0) is 26.8 Å². The van der Waals surface area contributed by atoms with Crippen LogP contribution in [0.15, 0.2) is 6.20 Å². The minimum atomic E-state index is -3.04. The molecule has 134 valence electrons. The van der Waals surface area contributed by atoms with Crippen LogP contribution in [0.2, 0.25) is 0 Å². The highest BCUT2D eigenvalue weighted by molar-refractivity contribution is 7.91. The first-order chi connectivity index (χ1) is 11.4. The highest BCUT2D eigenvalue weighted by Gasteiger charge is 2.30. The second-order valence-corrected chi connectivity index (χ2v) is 9.26. The zero-order valence-corrected chi connectivity index (χ0v) is 15.2. The first-order valence-electron chi connectivity index (χ1n) is 8.60. The number of amides is 1. The molecule has 1 aliphatic heterocycles. The fraction of sp³-hybridized carbons (Fsp3) is 0.750. The fourth-order valence-electron chi connectivity index (χ4n) is 3.66. The average Bonchev–Trinajstić information content (AvgIpc) is 3.14. The van der Waals surface area contributed by atoms with Gasteiger partial charge in [-0.15, -0.1) is 0 Å². The maximum absolute atomic E-state index is 12.4. The normalized spacial score (nSPS) is 25.0. The Morgan fingerprint density at radius 2 is 2.08 bits per heavy atom. The van der Waals surface area contributed by atoms with Gasteiger partial charge in [0, 0.05) is 19.0 Å². The van der Waals surface area contributed by atoms with E-state index < -0.39 is 9.84 Å². The third kappa shape index (κ3) is 3.80. The number of carbonyl (C=O) groups excluding carboxylic acids is 1. The second-order valence-electron chi connectivity index (χ2n) is 7.03. The molecule has 1 saturated heterocycles. The van der Waals surface area contributed by atoms with E-state index in [0.717, 1.165) is 24.2 Å². The van der Waals surface area contributed by atoms with Crippen molar-refractivity contribution in [2.24, 2.45) is 0 Å². The largest absolute Gasteiger partial charge is 0.323 e. The maximum Gasteiger partial charge on any atom is 0.226 e. The van der Waals surface area contributed by atoms with E-state index in [1.165, 1.54) is 12.8 Å². The van der Waals surface area contributed by atoms with Gasteiger partial charge < -0.3 is 10.2 Å². The van der Waals surface area contributed by atoms with Gasteiger partial charge in [-0.2, -0.15) is 5.10 Å². The summed E-state index contributed by atoms with van der Waals surface area (Å²) in [6, 6.07) is 0.180. The van der Waals surface area contributed by atoms with Crippen molar-refractivity contribution >= 4 is 21.4 Å². The van der Waals surface area contributed by atoms with Crippen LogP contribution in [0, 0.1) is 6.92 Å². The first kappa shape index (κ1) is 17.4. The van der Waals surface area contributed by atoms with Crippen molar-refractivity contribution in [2.75, 3.05) is 30.4 Å². The predicted molar refractivity (Wildman–Crippen MR) is 92.8 cm³/mol. The lowest BCUT2D eigenvalue weighted by Crippen LogP contribution is -2.47. The monoisotopic (exact) mass is 354 g/mol. The van der Waals surface area contributed by atoms with Crippen molar-refractivity contribution in [3.05, 3.63) is 11.9 Å². The number of rotatable bonds is 4. The van der Waals surface area contributed by atoms with E-state index in [2.05, 4.69) is 10.4 Å². The van der Waals surface area contributed by atoms with Crippen LogP contribution in [0.4, 0.5) is 5.69 Å². The van der Waals surface area contributed by atoms with Crippen LogP contribution in [0.1, 0.15) is 43.8 Å². The van der Waals surface area contributed by atoms with Crippen LogP contribution in [0.25, 0.3) is 0 Å². The summed E-state index contributed by atoms with van der Waals surface area (Å²) in [5, 5.41) is 7.34. The Hall–Kier alpha value is -1.41. The third-order valence-corrected chi connectivity index (χ3v) is 6.93. The van der Waals surface area contributed by atoms with Crippen LogP contribution in [-0.4, -0.2) is 60.1 Å². The van der Waals surface area contributed by atoms with E-state index in [1.807, 2.05) is 23.6 Å². The van der Waals surface area contributed by atoms with E-state index in [0.29, 0.717) is 12.6 Å². The number of hydrogen-bond donors (Lipinski definition) is 1. The highest BCUT2D eigenvalue weighted by Crippen LogP contribution is 2.31. The molecule has 1 unspecified atom stereocenters. The van der Waals surface area contributed by atoms with E-state index in [9.17, 15) is 13.2 Å². The predicted octanol–water partition coefficient (Wildman–Crippen LogP) is 1.36. The van der Waals surface area contributed by atoms with E-state index in [4.69, 9.17) is 0 Å². The van der Waals surface area contributed by atoms with Crippen LogP contribution < -0.4 is 5.32 Å². The van der Waals surface area contributed by atoms with Gasteiger partial charge in [-0.25, -0.2) is 8.42 Å². The first-order valence-corrected chi connectivity index (χ1v) is 10.4. The fourth-order valence-corrected chi connectivity index (χ4v) is 5.35. The highest BCUT2D eigenvalue weighted by atomic mass is 32.2. The van der Waals surface area contributed by atoms with Gasteiger partial charge >= 0.3 is 0 Å². The number of aromatic nitrogens is 2. The van der Waals surface area contributed by atoms with E-state index in [1.54, 1.807) is 6.20 Å². The number of anilines is 1. The molecule has 1 aliphatic carbocycles. The molecule has 24 heavy (non-hydrogen) atoms. The minimum Gasteiger partial charge on any atom is -0.323 e. The molecule has 7 nitrogen and oxygen atoms in total. The van der Waals surface area contributed by atoms with Gasteiger partial charge in [0.2, 0.25) is 5.91 Å². The Morgan fingerprint density at radius 3 is 2.79 bits per heavy atom. The minimum absolute atomic E-state index is 0.0528. The zero-order valence-electron chi connectivity index (χ0n) is 14.4.